The van der Waals surface area contributed by atoms with Crippen molar-refractivity contribution in [1.82, 2.24) is 5.32 Å². The van der Waals surface area contributed by atoms with Gasteiger partial charge in [-0.05, 0) is 84.6 Å². The summed E-state index contributed by atoms with van der Waals surface area (Å²) < 4.78 is 0. The average molecular weight is 407 g/mol. The number of aliphatic hydroxyl groups excluding tert-OH is 1. The summed E-state index contributed by atoms with van der Waals surface area (Å²) in [5.41, 5.74) is 12.7. The first-order valence-electron chi connectivity index (χ1n) is 11.3. The molecule has 0 saturated heterocycles. The Morgan fingerprint density at radius 3 is 2.60 bits per heavy atom. The largest absolute Gasteiger partial charge is 0.394 e. The van der Waals surface area contributed by atoms with E-state index >= 15 is 0 Å². The molecule has 1 amide bonds. The van der Waals surface area contributed by atoms with Crippen LogP contribution in [0.2, 0.25) is 0 Å². The number of fused-ring (bicyclic) bond motifs is 1. The molecule has 4 nitrogen and oxygen atoms in total. The molecule has 0 heterocycles. The molecule has 0 aromatic heterocycles. The molecule has 0 spiro atoms. The van der Waals surface area contributed by atoms with Crippen molar-refractivity contribution in [2.24, 2.45) is 11.7 Å². The van der Waals surface area contributed by atoms with Gasteiger partial charge in [0.25, 0.3) is 0 Å². The van der Waals surface area contributed by atoms with Crippen molar-refractivity contribution in [3.05, 3.63) is 70.3 Å². The summed E-state index contributed by atoms with van der Waals surface area (Å²) in [6.07, 6.45) is 7.92. The summed E-state index contributed by atoms with van der Waals surface area (Å²) in [4.78, 5) is 11.5. The smallest absolute Gasteiger partial charge is 0.224 e. The Morgan fingerprint density at radius 2 is 1.90 bits per heavy atom. The lowest BCUT2D eigenvalue weighted by Crippen LogP contribution is -2.40. The molecule has 2 aliphatic rings. The molecule has 30 heavy (non-hydrogen) atoms. The topological polar surface area (TPSA) is 75.4 Å². The van der Waals surface area contributed by atoms with Crippen molar-refractivity contribution in [1.29, 1.82) is 0 Å². The number of nitrogens with two attached hydrogens (primary N) is 1. The van der Waals surface area contributed by atoms with Gasteiger partial charge >= 0.3 is 0 Å². The highest BCUT2D eigenvalue weighted by molar-refractivity contribution is 5.78. The van der Waals surface area contributed by atoms with E-state index < -0.39 is 0 Å². The van der Waals surface area contributed by atoms with Crippen molar-refractivity contribution in [3.8, 4) is 0 Å². The second kappa shape index (κ2) is 8.91. The van der Waals surface area contributed by atoms with E-state index in [1.165, 1.54) is 28.7 Å². The number of carbonyl (C=O) groups excluding carboxylic acids is 1. The van der Waals surface area contributed by atoms with Crippen LogP contribution < -0.4 is 11.1 Å². The molecule has 2 aromatic rings. The average Bonchev–Trinajstić information content (AvgIpc) is 3.17. The number of rotatable bonds is 6. The number of likely N-dealkylation sites (N-methyl/N-ethyl adjacent to an activating group) is 1. The highest BCUT2D eigenvalue weighted by Gasteiger charge is 2.36. The number of amides is 1. The highest BCUT2D eigenvalue weighted by atomic mass is 16.3. The molecule has 160 valence electrons. The maximum Gasteiger partial charge on any atom is 0.224 e. The molecule has 3 atom stereocenters. The van der Waals surface area contributed by atoms with Gasteiger partial charge in [0.15, 0.2) is 0 Å². The van der Waals surface area contributed by atoms with Gasteiger partial charge in [0, 0.05) is 12.6 Å². The Labute approximate surface area is 179 Å². The van der Waals surface area contributed by atoms with E-state index in [4.69, 9.17) is 5.73 Å². The number of hydrogen-bond acceptors (Lipinski definition) is 3. The first-order chi connectivity index (χ1) is 14.5. The number of nitrogens with one attached hydrogen (secondary N) is 1. The van der Waals surface area contributed by atoms with Crippen molar-refractivity contribution < 1.29 is 9.90 Å². The molecule has 0 bridgehead atoms. The molecule has 4 rings (SSSR count). The standard InChI is InChI=1S/C26H34N2O2/c1-28-25(30)14-19-4-2-18(3-5-19)12-20-6-7-22-15-23(9-8-21(22)13-20)24-10-11-26(27,16-24)17-29/h2-5,8-9,15,20,24,29H,6-7,10-14,16-17,27H2,1H3,(H,28,30)/t20-,24-,26+/m0/s1. The molecule has 0 unspecified atom stereocenters. The summed E-state index contributed by atoms with van der Waals surface area (Å²) in [6.45, 7) is 0.0862. The van der Waals surface area contributed by atoms with Gasteiger partial charge in [-0.2, -0.15) is 0 Å². The van der Waals surface area contributed by atoms with E-state index in [1.54, 1.807) is 7.05 Å². The first kappa shape index (κ1) is 21.1. The Bertz CT molecular complexity index is 892. The molecule has 1 fully saturated rings. The zero-order chi connectivity index (χ0) is 21.1. The van der Waals surface area contributed by atoms with E-state index in [0.29, 0.717) is 18.3 Å². The van der Waals surface area contributed by atoms with E-state index in [0.717, 1.165) is 44.1 Å². The van der Waals surface area contributed by atoms with Crippen molar-refractivity contribution in [2.45, 2.75) is 62.8 Å². The second-order valence-electron chi connectivity index (χ2n) is 9.47. The zero-order valence-electron chi connectivity index (χ0n) is 18.0. The molecule has 2 aliphatic carbocycles. The fraction of sp³-hybridized carbons (Fsp3) is 0.500. The number of aryl methyl sites for hydroxylation is 1. The van der Waals surface area contributed by atoms with E-state index in [9.17, 15) is 9.90 Å². The third-order valence-electron chi connectivity index (χ3n) is 7.18. The third kappa shape index (κ3) is 4.76. The fourth-order valence-corrected chi connectivity index (χ4v) is 5.26. The Kier molecular flexibility index (Phi) is 6.26. The number of aliphatic hydroxyl groups is 1. The van der Waals surface area contributed by atoms with Crippen LogP contribution in [-0.4, -0.2) is 30.2 Å². The van der Waals surface area contributed by atoms with Crippen LogP contribution >= 0.6 is 0 Å². The van der Waals surface area contributed by atoms with Crippen LogP contribution in [0, 0.1) is 5.92 Å². The van der Waals surface area contributed by atoms with Gasteiger partial charge in [-0.25, -0.2) is 0 Å². The molecule has 4 heteroatoms. The van der Waals surface area contributed by atoms with E-state index in [1.807, 2.05) is 0 Å². The zero-order valence-corrected chi connectivity index (χ0v) is 18.0. The SMILES string of the molecule is CNC(=O)Cc1ccc(C[C@@H]2CCc3cc([C@H]4CC[C@](N)(CO)C4)ccc3C2)cc1. The van der Waals surface area contributed by atoms with Crippen LogP contribution in [0.4, 0.5) is 0 Å². The Balaban J connectivity index is 1.37. The maximum atomic E-state index is 11.5. The lowest BCUT2D eigenvalue weighted by Gasteiger charge is -2.26. The Hall–Kier alpha value is -2.17. The van der Waals surface area contributed by atoms with Gasteiger partial charge in [0.1, 0.15) is 0 Å². The minimum atomic E-state index is -0.387. The van der Waals surface area contributed by atoms with Gasteiger partial charge < -0.3 is 16.2 Å². The van der Waals surface area contributed by atoms with Gasteiger partial charge in [-0.1, -0.05) is 42.5 Å². The molecule has 1 saturated carbocycles. The highest BCUT2D eigenvalue weighted by Crippen LogP contribution is 2.40. The van der Waals surface area contributed by atoms with Crippen LogP contribution in [0.25, 0.3) is 0 Å². The predicted octanol–water partition coefficient (Wildman–Crippen LogP) is 3.28. The number of benzene rings is 2. The van der Waals surface area contributed by atoms with Gasteiger partial charge in [0.05, 0.1) is 13.0 Å². The quantitative estimate of drug-likeness (QED) is 0.689. The summed E-state index contributed by atoms with van der Waals surface area (Å²) in [6, 6.07) is 15.6. The van der Waals surface area contributed by atoms with Crippen molar-refractivity contribution >= 4 is 5.91 Å². The molecule has 4 N–H and O–H groups in total. The number of carbonyl (C=O) groups is 1. The van der Waals surface area contributed by atoms with Gasteiger partial charge in [0.2, 0.25) is 5.91 Å². The Morgan fingerprint density at radius 1 is 1.13 bits per heavy atom. The van der Waals surface area contributed by atoms with E-state index in [2.05, 4.69) is 47.8 Å². The third-order valence-corrected chi connectivity index (χ3v) is 7.18. The summed E-state index contributed by atoms with van der Waals surface area (Å²) in [5, 5.41) is 12.2. The van der Waals surface area contributed by atoms with Crippen LogP contribution in [0.5, 0.6) is 0 Å². The molecule has 0 radical (unpaired) electrons. The second-order valence-corrected chi connectivity index (χ2v) is 9.47. The van der Waals surface area contributed by atoms with Gasteiger partial charge in [-0.3, -0.25) is 4.79 Å². The number of hydrogen-bond donors (Lipinski definition) is 3. The molecular weight excluding hydrogens is 372 g/mol. The normalized spacial score (nSPS) is 25.7. The lowest BCUT2D eigenvalue weighted by atomic mass is 9.79. The van der Waals surface area contributed by atoms with Crippen LogP contribution in [0.15, 0.2) is 42.5 Å². The van der Waals surface area contributed by atoms with Crippen molar-refractivity contribution in [3.63, 3.8) is 0 Å². The minimum absolute atomic E-state index is 0.0529. The van der Waals surface area contributed by atoms with Crippen LogP contribution in [0.1, 0.15) is 59.4 Å². The van der Waals surface area contributed by atoms with Gasteiger partial charge in [-0.15, -0.1) is 0 Å². The summed E-state index contributed by atoms with van der Waals surface area (Å²) in [5.74, 6) is 1.21. The molecular formula is C26H34N2O2. The minimum Gasteiger partial charge on any atom is -0.394 e. The summed E-state index contributed by atoms with van der Waals surface area (Å²) >= 11 is 0. The monoisotopic (exact) mass is 406 g/mol. The lowest BCUT2D eigenvalue weighted by molar-refractivity contribution is -0.119. The van der Waals surface area contributed by atoms with Crippen LogP contribution in [-0.2, 0) is 30.5 Å². The fourth-order valence-electron chi connectivity index (χ4n) is 5.26. The summed E-state index contributed by atoms with van der Waals surface area (Å²) in [7, 11) is 1.68. The molecule has 0 aliphatic heterocycles. The molecule has 2 aromatic carbocycles. The van der Waals surface area contributed by atoms with Crippen LogP contribution in [0.3, 0.4) is 0 Å². The van der Waals surface area contributed by atoms with Crippen molar-refractivity contribution in [2.75, 3.05) is 13.7 Å². The maximum absolute atomic E-state index is 11.5. The van der Waals surface area contributed by atoms with E-state index in [-0.39, 0.29) is 18.1 Å². The predicted molar refractivity (Wildman–Crippen MR) is 120 cm³/mol. The first-order valence-corrected chi connectivity index (χ1v) is 11.3.